The summed E-state index contributed by atoms with van der Waals surface area (Å²) >= 11 is 0. The van der Waals surface area contributed by atoms with Crippen LogP contribution in [0, 0.1) is 5.41 Å². The van der Waals surface area contributed by atoms with Gasteiger partial charge in [-0.25, -0.2) is 0 Å². The van der Waals surface area contributed by atoms with E-state index in [1.807, 2.05) is 0 Å². The van der Waals surface area contributed by atoms with E-state index in [1.165, 1.54) is 0 Å². The Balaban J connectivity index is 2.11. The summed E-state index contributed by atoms with van der Waals surface area (Å²) in [6, 6.07) is -0.557. The molecule has 5 heteroatoms. The van der Waals surface area contributed by atoms with E-state index in [2.05, 4.69) is 24.0 Å². The molecule has 0 spiro atoms. The summed E-state index contributed by atoms with van der Waals surface area (Å²) in [5, 5.41) is 12.7. The zero-order chi connectivity index (χ0) is 10.3. The van der Waals surface area contributed by atoms with E-state index in [-0.39, 0.29) is 12.0 Å². The highest BCUT2D eigenvalue weighted by molar-refractivity contribution is 5.14. The van der Waals surface area contributed by atoms with Gasteiger partial charge in [0.15, 0.2) is 5.82 Å². The molecule has 3 N–H and O–H groups in total. The Morgan fingerprint density at radius 3 is 2.86 bits per heavy atom. The van der Waals surface area contributed by atoms with Crippen molar-refractivity contribution in [3.8, 4) is 0 Å². The predicted molar refractivity (Wildman–Crippen MR) is 49.5 cm³/mol. The lowest BCUT2D eigenvalue weighted by Gasteiger charge is -1.99. The fourth-order valence-corrected chi connectivity index (χ4v) is 1.53. The maximum Gasteiger partial charge on any atom is 0.245 e. The Bertz CT molecular complexity index is 335. The predicted octanol–water partition coefficient (Wildman–Crippen LogP) is 0.575. The highest BCUT2D eigenvalue weighted by atomic mass is 16.5. The van der Waals surface area contributed by atoms with Crippen LogP contribution < -0.4 is 5.73 Å². The van der Waals surface area contributed by atoms with Crippen LogP contribution in [0.4, 0.5) is 0 Å². The number of nitrogens with two attached hydrogens (primary N) is 1. The van der Waals surface area contributed by atoms with Crippen molar-refractivity contribution < 1.29 is 9.63 Å². The molecule has 0 bridgehead atoms. The second kappa shape index (κ2) is 3.03. The molecule has 5 nitrogen and oxygen atoms in total. The monoisotopic (exact) mass is 197 g/mol. The summed E-state index contributed by atoms with van der Waals surface area (Å²) < 4.78 is 4.97. The van der Waals surface area contributed by atoms with Crippen LogP contribution in [-0.2, 0) is 0 Å². The molecule has 1 unspecified atom stereocenters. The van der Waals surface area contributed by atoms with Gasteiger partial charge in [-0.05, 0) is 11.8 Å². The van der Waals surface area contributed by atoms with Gasteiger partial charge in [-0.1, -0.05) is 19.0 Å². The van der Waals surface area contributed by atoms with E-state index in [1.54, 1.807) is 0 Å². The average Bonchev–Trinajstić information content (AvgIpc) is 2.64. The molecule has 0 radical (unpaired) electrons. The third-order valence-electron chi connectivity index (χ3n) is 2.80. The molecular weight excluding hydrogens is 182 g/mol. The molecule has 1 heterocycles. The second-order valence-corrected chi connectivity index (χ2v) is 4.53. The van der Waals surface area contributed by atoms with Crippen molar-refractivity contribution in [3.05, 3.63) is 11.7 Å². The first-order valence-corrected chi connectivity index (χ1v) is 4.74. The summed E-state index contributed by atoms with van der Waals surface area (Å²) in [7, 11) is 0. The Morgan fingerprint density at radius 2 is 2.36 bits per heavy atom. The molecule has 1 aromatic heterocycles. The van der Waals surface area contributed by atoms with Gasteiger partial charge < -0.3 is 15.4 Å². The number of aliphatic hydroxyl groups is 1. The van der Waals surface area contributed by atoms with Crippen molar-refractivity contribution in [2.45, 2.75) is 32.2 Å². The van der Waals surface area contributed by atoms with Gasteiger partial charge in [0.05, 0.1) is 6.61 Å². The van der Waals surface area contributed by atoms with Crippen LogP contribution in [0.25, 0.3) is 0 Å². The summed E-state index contributed by atoms with van der Waals surface area (Å²) in [5.74, 6) is 1.42. The zero-order valence-corrected chi connectivity index (χ0v) is 8.40. The first-order chi connectivity index (χ1) is 6.54. The molecule has 0 aromatic carbocycles. The largest absolute Gasteiger partial charge is 0.394 e. The smallest absolute Gasteiger partial charge is 0.245 e. The minimum atomic E-state index is -0.557. The SMILES string of the molecule is CC1(C)CC1c1noc([C@@H](N)CO)n1. The molecule has 2 atom stereocenters. The number of rotatable bonds is 3. The van der Waals surface area contributed by atoms with E-state index in [0.29, 0.717) is 17.6 Å². The minimum absolute atomic E-state index is 0.171. The standard InChI is InChI=1S/C9H15N3O2/c1-9(2)3-5(9)7-11-8(14-12-7)6(10)4-13/h5-6,13H,3-4,10H2,1-2H3/t5?,6-/m0/s1. The van der Waals surface area contributed by atoms with Crippen molar-refractivity contribution >= 4 is 0 Å². The number of nitrogens with zero attached hydrogens (tertiary/aromatic N) is 2. The maximum absolute atomic E-state index is 8.80. The Kier molecular flexibility index (Phi) is 2.08. The van der Waals surface area contributed by atoms with Crippen molar-refractivity contribution in [2.24, 2.45) is 11.1 Å². The van der Waals surface area contributed by atoms with Crippen molar-refractivity contribution in [1.82, 2.24) is 10.1 Å². The van der Waals surface area contributed by atoms with Gasteiger partial charge in [0.2, 0.25) is 5.89 Å². The number of hydrogen-bond acceptors (Lipinski definition) is 5. The van der Waals surface area contributed by atoms with Gasteiger partial charge in [-0.2, -0.15) is 4.98 Å². The third-order valence-corrected chi connectivity index (χ3v) is 2.80. The highest BCUT2D eigenvalue weighted by Crippen LogP contribution is 2.57. The molecule has 78 valence electrons. The lowest BCUT2D eigenvalue weighted by molar-refractivity contribution is 0.236. The Labute approximate surface area is 82.3 Å². The summed E-state index contributed by atoms with van der Waals surface area (Å²) in [4.78, 5) is 4.18. The van der Waals surface area contributed by atoms with Crippen LogP contribution in [0.15, 0.2) is 4.52 Å². The maximum atomic E-state index is 8.80. The molecule has 1 fully saturated rings. The van der Waals surface area contributed by atoms with Gasteiger partial charge in [-0.3, -0.25) is 0 Å². The van der Waals surface area contributed by atoms with Crippen molar-refractivity contribution in [2.75, 3.05) is 6.61 Å². The summed E-state index contributed by atoms with van der Waals surface area (Å²) in [6.07, 6.45) is 1.08. The van der Waals surface area contributed by atoms with E-state index < -0.39 is 6.04 Å². The normalized spacial score (nSPS) is 26.1. The quantitative estimate of drug-likeness (QED) is 0.740. The van der Waals surface area contributed by atoms with Gasteiger partial charge in [-0.15, -0.1) is 0 Å². The van der Waals surface area contributed by atoms with E-state index in [4.69, 9.17) is 15.4 Å². The van der Waals surface area contributed by atoms with E-state index >= 15 is 0 Å². The third kappa shape index (κ3) is 1.53. The molecule has 1 aromatic rings. The molecular formula is C9H15N3O2. The minimum Gasteiger partial charge on any atom is -0.394 e. The average molecular weight is 197 g/mol. The van der Waals surface area contributed by atoms with Gasteiger partial charge in [0.1, 0.15) is 6.04 Å². The fourth-order valence-electron chi connectivity index (χ4n) is 1.53. The Morgan fingerprint density at radius 1 is 1.71 bits per heavy atom. The zero-order valence-electron chi connectivity index (χ0n) is 8.40. The molecule has 1 saturated carbocycles. The van der Waals surface area contributed by atoms with E-state index in [0.717, 1.165) is 6.42 Å². The van der Waals surface area contributed by atoms with Crippen molar-refractivity contribution in [3.63, 3.8) is 0 Å². The first-order valence-electron chi connectivity index (χ1n) is 4.74. The number of hydrogen-bond donors (Lipinski definition) is 2. The van der Waals surface area contributed by atoms with Crippen LogP contribution >= 0.6 is 0 Å². The lowest BCUT2D eigenvalue weighted by atomic mass is 10.1. The molecule has 14 heavy (non-hydrogen) atoms. The molecule has 2 rings (SSSR count). The molecule has 1 aliphatic rings. The first kappa shape index (κ1) is 9.61. The summed E-state index contributed by atoms with van der Waals surface area (Å²) in [6.45, 7) is 4.16. The highest BCUT2D eigenvalue weighted by Gasteiger charge is 2.49. The van der Waals surface area contributed by atoms with Gasteiger partial charge in [0.25, 0.3) is 0 Å². The van der Waals surface area contributed by atoms with Gasteiger partial charge in [0, 0.05) is 5.92 Å². The van der Waals surface area contributed by atoms with Crippen LogP contribution in [0.3, 0.4) is 0 Å². The lowest BCUT2D eigenvalue weighted by Crippen LogP contribution is -2.14. The number of aromatic nitrogens is 2. The summed E-state index contributed by atoms with van der Waals surface area (Å²) in [5.41, 5.74) is 5.83. The molecule has 1 aliphatic carbocycles. The van der Waals surface area contributed by atoms with Crippen LogP contribution in [-0.4, -0.2) is 21.9 Å². The topological polar surface area (TPSA) is 85.2 Å². The second-order valence-electron chi connectivity index (χ2n) is 4.53. The van der Waals surface area contributed by atoms with Crippen molar-refractivity contribution in [1.29, 1.82) is 0 Å². The van der Waals surface area contributed by atoms with E-state index in [9.17, 15) is 0 Å². The van der Waals surface area contributed by atoms with Crippen LogP contribution in [0.1, 0.15) is 43.9 Å². The van der Waals surface area contributed by atoms with Crippen LogP contribution in [0.2, 0.25) is 0 Å². The fraction of sp³-hybridized carbons (Fsp3) is 0.778. The van der Waals surface area contributed by atoms with Crippen LogP contribution in [0.5, 0.6) is 0 Å². The number of aliphatic hydroxyl groups excluding tert-OH is 1. The molecule has 0 amide bonds. The molecule has 0 aliphatic heterocycles. The van der Waals surface area contributed by atoms with Gasteiger partial charge >= 0.3 is 0 Å². The Hall–Kier alpha value is -0.940. The molecule has 0 saturated heterocycles.